The lowest BCUT2D eigenvalue weighted by molar-refractivity contribution is 0.840. The van der Waals surface area contributed by atoms with Gasteiger partial charge in [0.05, 0.1) is 11.4 Å². The fourth-order valence-corrected chi connectivity index (χ4v) is 3.17. The van der Waals surface area contributed by atoms with Crippen LogP contribution in [0.3, 0.4) is 0 Å². The molecule has 0 atom stereocenters. The molecule has 2 N–H and O–H groups in total. The second kappa shape index (κ2) is 3.56. The van der Waals surface area contributed by atoms with Gasteiger partial charge in [-0.2, -0.15) is 16.9 Å². The first-order valence-electron chi connectivity index (χ1n) is 5.27. The zero-order chi connectivity index (χ0) is 11.1. The average molecular weight is 231 g/mol. The van der Waals surface area contributed by atoms with Crippen LogP contribution in [0.5, 0.6) is 0 Å². The summed E-state index contributed by atoms with van der Waals surface area (Å²) < 4.78 is 2.00. The van der Waals surface area contributed by atoms with Gasteiger partial charge in [-0.25, -0.2) is 4.68 Å². The molecular formula is C12H13N3S. The lowest BCUT2D eigenvalue weighted by Crippen LogP contribution is -2.02. The summed E-state index contributed by atoms with van der Waals surface area (Å²) in [6.07, 6.45) is 0. The van der Waals surface area contributed by atoms with Crippen LogP contribution in [-0.4, -0.2) is 9.78 Å². The number of aromatic nitrogens is 2. The van der Waals surface area contributed by atoms with E-state index in [1.807, 2.05) is 28.6 Å². The highest BCUT2D eigenvalue weighted by atomic mass is 32.2. The molecule has 16 heavy (non-hydrogen) atoms. The maximum Gasteiger partial charge on any atom is 0.150 e. The molecule has 0 bridgehead atoms. The molecule has 1 aromatic carbocycles. The van der Waals surface area contributed by atoms with Gasteiger partial charge < -0.3 is 5.73 Å². The smallest absolute Gasteiger partial charge is 0.150 e. The fraction of sp³-hybridized carbons (Fsp3) is 0.250. The highest BCUT2D eigenvalue weighted by molar-refractivity contribution is 7.98. The minimum absolute atomic E-state index is 0.684. The molecule has 0 amide bonds. The number of thioether (sulfide) groups is 1. The van der Waals surface area contributed by atoms with Gasteiger partial charge in [0.1, 0.15) is 5.82 Å². The Morgan fingerprint density at radius 1 is 1.31 bits per heavy atom. The third-order valence-corrected chi connectivity index (χ3v) is 3.92. The first-order chi connectivity index (χ1) is 7.77. The maximum absolute atomic E-state index is 5.93. The van der Waals surface area contributed by atoms with Gasteiger partial charge in [0.15, 0.2) is 0 Å². The van der Waals surface area contributed by atoms with Gasteiger partial charge >= 0.3 is 0 Å². The van der Waals surface area contributed by atoms with E-state index in [0.29, 0.717) is 5.82 Å². The lowest BCUT2D eigenvalue weighted by atomic mass is 10.2. The van der Waals surface area contributed by atoms with E-state index in [9.17, 15) is 0 Å². The van der Waals surface area contributed by atoms with Crippen molar-refractivity contribution in [3.63, 3.8) is 0 Å². The maximum atomic E-state index is 5.93. The van der Waals surface area contributed by atoms with Gasteiger partial charge in [-0.15, -0.1) is 0 Å². The van der Waals surface area contributed by atoms with E-state index >= 15 is 0 Å². The number of fused-ring (bicyclic) bond motifs is 1. The van der Waals surface area contributed by atoms with Gasteiger partial charge in [0.2, 0.25) is 0 Å². The molecule has 82 valence electrons. The number of hydrogen-bond donors (Lipinski definition) is 1. The van der Waals surface area contributed by atoms with Crippen LogP contribution in [0, 0.1) is 6.92 Å². The molecular weight excluding hydrogens is 218 g/mol. The Morgan fingerprint density at radius 3 is 2.94 bits per heavy atom. The Labute approximate surface area is 98.6 Å². The molecule has 3 rings (SSSR count). The van der Waals surface area contributed by atoms with Crippen molar-refractivity contribution in [1.29, 1.82) is 0 Å². The Bertz CT molecular complexity index is 545. The van der Waals surface area contributed by atoms with E-state index in [0.717, 1.165) is 17.2 Å². The molecule has 3 nitrogen and oxygen atoms in total. The summed E-state index contributed by atoms with van der Waals surface area (Å²) in [6.45, 7) is 2.10. The summed E-state index contributed by atoms with van der Waals surface area (Å²) in [5, 5.41) is 4.44. The average Bonchev–Trinajstić information content (AvgIpc) is 2.84. The van der Waals surface area contributed by atoms with Gasteiger partial charge in [0, 0.05) is 17.1 Å². The van der Waals surface area contributed by atoms with Crippen LogP contribution in [-0.2, 0) is 11.5 Å². The lowest BCUT2D eigenvalue weighted by Gasteiger charge is -2.07. The van der Waals surface area contributed by atoms with Crippen molar-refractivity contribution in [3.05, 3.63) is 41.1 Å². The number of nitrogens with two attached hydrogens (primary N) is 1. The largest absolute Gasteiger partial charge is 0.382 e. The SMILES string of the molecule is Cc1ccccc1-n1nc(N)c2c1CSC2. The van der Waals surface area contributed by atoms with E-state index in [4.69, 9.17) is 5.73 Å². The van der Waals surface area contributed by atoms with Crippen molar-refractivity contribution in [1.82, 2.24) is 9.78 Å². The quantitative estimate of drug-likeness (QED) is 0.820. The number of nitrogen functional groups attached to an aromatic ring is 1. The van der Waals surface area contributed by atoms with E-state index in [2.05, 4.69) is 24.2 Å². The number of anilines is 1. The first-order valence-corrected chi connectivity index (χ1v) is 6.43. The monoisotopic (exact) mass is 231 g/mol. The fourth-order valence-electron chi connectivity index (χ4n) is 2.06. The van der Waals surface area contributed by atoms with Crippen LogP contribution < -0.4 is 5.73 Å². The number of rotatable bonds is 1. The molecule has 0 fully saturated rings. The molecule has 0 saturated carbocycles. The minimum Gasteiger partial charge on any atom is -0.382 e. The van der Waals surface area contributed by atoms with Gasteiger partial charge in [-0.1, -0.05) is 18.2 Å². The van der Waals surface area contributed by atoms with Crippen molar-refractivity contribution in [2.45, 2.75) is 18.4 Å². The Kier molecular flexibility index (Phi) is 2.17. The molecule has 0 spiro atoms. The molecule has 2 heterocycles. The summed E-state index contributed by atoms with van der Waals surface area (Å²) >= 11 is 1.90. The van der Waals surface area contributed by atoms with Crippen molar-refractivity contribution in [3.8, 4) is 5.69 Å². The summed E-state index contributed by atoms with van der Waals surface area (Å²) in [6, 6.07) is 8.27. The standard InChI is InChI=1S/C12H13N3S/c1-8-4-2-3-5-10(8)15-11-7-16-6-9(11)12(13)14-15/h2-5H,6-7H2,1H3,(H2,13,14). The van der Waals surface area contributed by atoms with Crippen LogP contribution in [0.1, 0.15) is 16.8 Å². The van der Waals surface area contributed by atoms with Gasteiger partial charge in [-0.3, -0.25) is 0 Å². The number of aryl methyl sites for hydroxylation is 1. The van der Waals surface area contributed by atoms with E-state index in [1.165, 1.54) is 16.8 Å². The Balaban J connectivity index is 2.21. The van der Waals surface area contributed by atoms with Crippen LogP contribution in [0.25, 0.3) is 5.69 Å². The predicted molar refractivity (Wildman–Crippen MR) is 67.7 cm³/mol. The number of para-hydroxylation sites is 1. The molecule has 2 aromatic rings. The zero-order valence-electron chi connectivity index (χ0n) is 9.10. The topological polar surface area (TPSA) is 43.8 Å². The van der Waals surface area contributed by atoms with E-state index < -0.39 is 0 Å². The minimum atomic E-state index is 0.684. The molecule has 1 aliphatic rings. The molecule has 4 heteroatoms. The molecule has 0 unspecified atom stereocenters. The Morgan fingerprint density at radius 2 is 2.12 bits per heavy atom. The van der Waals surface area contributed by atoms with Crippen LogP contribution in [0.2, 0.25) is 0 Å². The third-order valence-electron chi connectivity index (χ3n) is 2.95. The molecule has 0 aliphatic carbocycles. The summed E-state index contributed by atoms with van der Waals surface area (Å²) in [5.41, 5.74) is 10.8. The second-order valence-corrected chi connectivity index (χ2v) is 4.99. The summed E-state index contributed by atoms with van der Waals surface area (Å²) in [7, 11) is 0. The van der Waals surface area contributed by atoms with Gasteiger partial charge in [-0.05, 0) is 18.6 Å². The molecule has 0 radical (unpaired) electrons. The van der Waals surface area contributed by atoms with Crippen molar-refractivity contribution in [2.24, 2.45) is 0 Å². The first kappa shape index (κ1) is 9.78. The molecule has 0 saturated heterocycles. The number of nitrogens with zero attached hydrogens (tertiary/aromatic N) is 2. The Hall–Kier alpha value is -1.42. The molecule has 1 aromatic heterocycles. The van der Waals surface area contributed by atoms with Crippen molar-refractivity contribution < 1.29 is 0 Å². The van der Waals surface area contributed by atoms with Crippen molar-refractivity contribution in [2.75, 3.05) is 5.73 Å². The zero-order valence-corrected chi connectivity index (χ0v) is 9.92. The highest BCUT2D eigenvalue weighted by Gasteiger charge is 2.22. The van der Waals surface area contributed by atoms with Crippen LogP contribution in [0.4, 0.5) is 5.82 Å². The number of benzene rings is 1. The highest BCUT2D eigenvalue weighted by Crippen LogP contribution is 2.35. The summed E-state index contributed by atoms with van der Waals surface area (Å²) in [5.74, 6) is 2.68. The predicted octanol–water partition coefficient (Wildman–Crippen LogP) is 2.51. The normalized spacial score (nSPS) is 14.1. The van der Waals surface area contributed by atoms with Crippen LogP contribution >= 0.6 is 11.8 Å². The molecule has 1 aliphatic heterocycles. The van der Waals surface area contributed by atoms with Crippen LogP contribution in [0.15, 0.2) is 24.3 Å². The third kappa shape index (κ3) is 1.33. The van der Waals surface area contributed by atoms with E-state index in [1.54, 1.807) is 0 Å². The van der Waals surface area contributed by atoms with Crippen molar-refractivity contribution >= 4 is 17.6 Å². The summed E-state index contributed by atoms with van der Waals surface area (Å²) in [4.78, 5) is 0. The van der Waals surface area contributed by atoms with Gasteiger partial charge in [0.25, 0.3) is 0 Å². The second-order valence-electron chi connectivity index (χ2n) is 4.00. The number of hydrogen-bond acceptors (Lipinski definition) is 3. The van der Waals surface area contributed by atoms with E-state index in [-0.39, 0.29) is 0 Å².